The van der Waals surface area contributed by atoms with E-state index in [2.05, 4.69) is 4.99 Å². The number of nitrogens with two attached hydrogens (primary N) is 1. The maximum absolute atomic E-state index is 13.4. The van der Waals surface area contributed by atoms with Gasteiger partial charge in [-0.2, -0.15) is 0 Å². The number of fused-ring (bicyclic) bond motifs is 1. The van der Waals surface area contributed by atoms with E-state index in [0.29, 0.717) is 35.5 Å². The number of aliphatic imine (C=N–C) groups is 1. The number of amides is 2. The molecule has 44 heavy (non-hydrogen) atoms. The van der Waals surface area contributed by atoms with Crippen LogP contribution in [0, 0.1) is 0 Å². The topological polar surface area (TPSA) is 119 Å². The van der Waals surface area contributed by atoms with Crippen molar-refractivity contribution in [3.63, 3.8) is 0 Å². The molecule has 0 aromatic heterocycles. The molecule has 1 heterocycles. The quantitative estimate of drug-likeness (QED) is 0.117. The van der Waals surface area contributed by atoms with E-state index in [0.717, 1.165) is 11.1 Å². The number of ketones is 2. The largest absolute Gasteiger partial charge is 0.457 e. The lowest BCUT2D eigenvalue weighted by Gasteiger charge is -2.16. The SMILES string of the molecule is NC(CC(=O)Cc1cccc(Oc2ccccc2)c1)=N[C@@H](Cc1ccccc1)C(=O)CCCN1C(=O)c2ccccc2C1=O. The summed E-state index contributed by atoms with van der Waals surface area (Å²) in [7, 11) is 0. The van der Waals surface area contributed by atoms with Crippen LogP contribution in [0.4, 0.5) is 0 Å². The number of hydrogen-bond acceptors (Lipinski definition) is 6. The van der Waals surface area contributed by atoms with Gasteiger partial charge in [-0.25, -0.2) is 0 Å². The summed E-state index contributed by atoms with van der Waals surface area (Å²) in [4.78, 5) is 57.3. The van der Waals surface area contributed by atoms with Crippen LogP contribution < -0.4 is 10.5 Å². The first-order valence-electron chi connectivity index (χ1n) is 14.5. The number of amidine groups is 1. The van der Waals surface area contributed by atoms with E-state index < -0.39 is 6.04 Å². The summed E-state index contributed by atoms with van der Waals surface area (Å²) in [6.45, 7) is 0.126. The lowest BCUT2D eigenvalue weighted by atomic mass is 9.99. The lowest BCUT2D eigenvalue weighted by Crippen LogP contribution is -2.32. The van der Waals surface area contributed by atoms with E-state index in [-0.39, 0.29) is 55.0 Å². The van der Waals surface area contributed by atoms with Gasteiger partial charge in [-0.05, 0) is 53.9 Å². The molecule has 0 bridgehead atoms. The number of Topliss-reactive ketones (excluding diaryl/α,β-unsaturated/α-hetero) is 2. The number of imide groups is 1. The molecule has 0 fully saturated rings. The molecule has 0 aliphatic carbocycles. The Bertz CT molecular complexity index is 1650. The van der Waals surface area contributed by atoms with Crippen LogP contribution in [-0.2, 0) is 22.4 Å². The van der Waals surface area contributed by atoms with Crippen LogP contribution in [0.1, 0.15) is 51.1 Å². The van der Waals surface area contributed by atoms with Crippen LogP contribution in [0.25, 0.3) is 0 Å². The molecule has 1 atom stereocenters. The van der Waals surface area contributed by atoms with Crippen LogP contribution in [0.3, 0.4) is 0 Å². The molecule has 0 saturated carbocycles. The van der Waals surface area contributed by atoms with Crippen LogP contribution in [0.5, 0.6) is 11.5 Å². The summed E-state index contributed by atoms with van der Waals surface area (Å²) < 4.78 is 5.87. The Balaban J connectivity index is 1.20. The van der Waals surface area contributed by atoms with Gasteiger partial charge < -0.3 is 10.5 Å². The first-order chi connectivity index (χ1) is 21.4. The highest BCUT2D eigenvalue weighted by molar-refractivity contribution is 6.21. The van der Waals surface area contributed by atoms with Crippen molar-refractivity contribution in [3.8, 4) is 11.5 Å². The van der Waals surface area contributed by atoms with Crippen molar-refractivity contribution in [2.24, 2.45) is 10.7 Å². The summed E-state index contributed by atoms with van der Waals surface area (Å²) in [6, 6.07) is 32.0. The number of benzene rings is 4. The molecule has 2 N–H and O–H groups in total. The minimum Gasteiger partial charge on any atom is -0.457 e. The highest BCUT2D eigenvalue weighted by Crippen LogP contribution is 2.24. The van der Waals surface area contributed by atoms with Gasteiger partial charge >= 0.3 is 0 Å². The van der Waals surface area contributed by atoms with Crippen LogP contribution >= 0.6 is 0 Å². The second-order valence-electron chi connectivity index (χ2n) is 10.7. The molecule has 8 heteroatoms. The number of nitrogens with zero attached hydrogens (tertiary/aromatic N) is 2. The molecule has 1 aliphatic heterocycles. The third-order valence-corrected chi connectivity index (χ3v) is 7.31. The first-order valence-corrected chi connectivity index (χ1v) is 14.5. The van der Waals surface area contributed by atoms with E-state index in [1.54, 1.807) is 24.3 Å². The Labute approximate surface area is 256 Å². The maximum Gasteiger partial charge on any atom is 0.261 e. The van der Waals surface area contributed by atoms with Gasteiger partial charge in [0.2, 0.25) is 0 Å². The zero-order valence-electron chi connectivity index (χ0n) is 24.2. The summed E-state index contributed by atoms with van der Waals surface area (Å²) in [5.74, 6) is 0.393. The lowest BCUT2D eigenvalue weighted by molar-refractivity contribution is -0.120. The molecule has 222 valence electrons. The predicted molar refractivity (Wildman–Crippen MR) is 168 cm³/mol. The minimum absolute atomic E-state index is 0.0846. The van der Waals surface area contributed by atoms with Gasteiger partial charge in [0.25, 0.3) is 11.8 Å². The minimum atomic E-state index is -0.796. The van der Waals surface area contributed by atoms with Gasteiger partial charge in [-0.3, -0.25) is 29.1 Å². The first kappa shape index (κ1) is 30.1. The van der Waals surface area contributed by atoms with Gasteiger partial charge in [0.1, 0.15) is 29.2 Å². The Morgan fingerprint density at radius 2 is 1.34 bits per heavy atom. The van der Waals surface area contributed by atoms with E-state index in [1.165, 1.54) is 4.90 Å². The summed E-state index contributed by atoms with van der Waals surface area (Å²) >= 11 is 0. The van der Waals surface area contributed by atoms with Crippen molar-refractivity contribution in [1.29, 1.82) is 0 Å². The van der Waals surface area contributed by atoms with Crippen molar-refractivity contribution in [2.45, 2.75) is 38.1 Å². The standard InChI is InChI=1S/C36H33N3O5/c37-34(24-27(40)21-26-13-9-16-29(22-26)44-28-14-5-2-6-15-28)38-32(23-25-11-3-1-4-12-25)33(41)19-10-20-39-35(42)30-17-7-8-18-31(30)36(39)43/h1-9,11-18,22,32H,10,19-21,23-24H2,(H2,37,38)/t32-/m0/s1. The summed E-state index contributed by atoms with van der Waals surface area (Å²) in [5.41, 5.74) is 8.66. The highest BCUT2D eigenvalue weighted by Gasteiger charge is 2.34. The summed E-state index contributed by atoms with van der Waals surface area (Å²) in [5, 5.41) is 0. The normalized spacial score (nSPS) is 13.5. The van der Waals surface area contributed by atoms with Crippen molar-refractivity contribution in [3.05, 3.63) is 131 Å². The molecular formula is C36H33N3O5. The Morgan fingerprint density at radius 1 is 0.750 bits per heavy atom. The molecule has 4 aromatic rings. The van der Waals surface area contributed by atoms with E-state index in [4.69, 9.17) is 10.5 Å². The molecule has 8 nitrogen and oxygen atoms in total. The average molecular weight is 588 g/mol. The number of carbonyl (C=O) groups is 4. The maximum atomic E-state index is 13.4. The number of hydrogen-bond donors (Lipinski definition) is 1. The second-order valence-corrected chi connectivity index (χ2v) is 10.7. The number of ether oxygens (including phenoxy) is 1. The van der Waals surface area contributed by atoms with E-state index in [9.17, 15) is 19.2 Å². The average Bonchev–Trinajstić information content (AvgIpc) is 3.26. The van der Waals surface area contributed by atoms with Crippen LogP contribution in [-0.4, -0.2) is 46.7 Å². The monoisotopic (exact) mass is 587 g/mol. The fourth-order valence-corrected chi connectivity index (χ4v) is 5.17. The van der Waals surface area contributed by atoms with Crippen LogP contribution in [0.15, 0.2) is 114 Å². The van der Waals surface area contributed by atoms with Crippen molar-refractivity contribution in [1.82, 2.24) is 4.90 Å². The van der Waals surface area contributed by atoms with Gasteiger partial charge in [0, 0.05) is 25.8 Å². The molecule has 0 spiro atoms. The van der Waals surface area contributed by atoms with Gasteiger partial charge in [0.15, 0.2) is 5.78 Å². The smallest absolute Gasteiger partial charge is 0.261 e. The van der Waals surface area contributed by atoms with Crippen molar-refractivity contribution in [2.75, 3.05) is 6.54 Å². The molecule has 1 aliphatic rings. The Hall–Kier alpha value is -5.37. The predicted octanol–water partition coefficient (Wildman–Crippen LogP) is 5.59. The molecule has 0 unspecified atom stereocenters. The Kier molecular flexibility index (Phi) is 9.71. The van der Waals surface area contributed by atoms with Gasteiger partial charge in [-0.15, -0.1) is 0 Å². The zero-order valence-corrected chi connectivity index (χ0v) is 24.2. The number of rotatable bonds is 14. The molecule has 0 radical (unpaired) electrons. The molecular weight excluding hydrogens is 554 g/mol. The highest BCUT2D eigenvalue weighted by atomic mass is 16.5. The van der Waals surface area contributed by atoms with E-state index in [1.807, 2.05) is 84.9 Å². The Morgan fingerprint density at radius 3 is 2.02 bits per heavy atom. The van der Waals surface area contributed by atoms with Gasteiger partial charge in [0.05, 0.1) is 17.5 Å². The molecule has 4 aromatic carbocycles. The molecule has 0 saturated heterocycles. The van der Waals surface area contributed by atoms with Crippen molar-refractivity contribution >= 4 is 29.2 Å². The number of carbonyl (C=O) groups excluding carboxylic acids is 4. The fraction of sp³-hybridized carbons (Fsp3) is 0.194. The van der Waals surface area contributed by atoms with Gasteiger partial charge in [-0.1, -0.05) is 72.8 Å². The van der Waals surface area contributed by atoms with Crippen LogP contribution in [0.2, 0.25) is 0 Å². The molecule has 2 amide bonds. The van der Waals surface area contributed by atoms with E-state index >= 15 is 0 Å². The molecule has 5 rings (SSSR count). The second kappa shape index (κ2) is 14.2. The zero-order chi connectivity index (χ0) is 30.9. The summed E-state index contributed by atoms with van der Waals surface area (Å²) in [6.07, 6.45) is 0.757. The fourth-order valence-electron chi connectivity index (χ4n) is 5.17. The number of para-hydroxylation sites is 1. The van der Waals surface area contributed by atoms with Crippen molar-refractivity contribution < 1.29 is 23.9 Å². The third-order valence-electron chi connectivity index (χ3n) is 7.31. The third kappa shape index (κ3) is 7.72.